The van der Waals surface area contributed by atoms with Crippen molar-refractivity contribution in [2.45, 2.75) is 0 Å². The normalized spacial score (nSPS) is 11.9. The zero-order valence-electron chi connectivity index (χ0n) is 24.4. The summed E-state index contributed by atoms with van der Waals surface area (Å²) in [4.78, 5) is 15.3. The zero-order valence-corrected chi connectivity index (χ0v) is 24.4. The van der Waals surface area contributed by atoms with Crippen molar-refractivity contribution in [3.05, 3.63) is 140 Å². The zero-order chi connectivity index (χ0) is 30.2. The van der Waals surface area contributed by atoms with Gasteiger partial charge in [0.2, 0.25) is 0 Å². The second kappa shape index (κ2) is 9.58. The highest BCUT2D eigenvalue weighted by Crippen LogP contribution is 2.38. The molecule has 0 aliphatic rings. The summed E-state index contributed by atoms with van der Waals surface area (Å²) in [6.07, 6.45) is 0. The molecule has 0 aliphatic carbocycles. The second-order valence-electron chi connectivity index (χ2n) is 11.7. The van der Waals surface area contributed by atoms with Crippen molar-refractivity contribution < 1.29 is 8.83 Å². The van der Waals surface area contributed by atoms with Crippen molar-refractivity contribution in [3.8, 4) is 34.2 Å². The summed E-state index contributed by atoms with van der Waals surface area (Å²) in [6.45, 7) is 0. The van der Waals surface area contributed by atoms with Crippen LogP contribution in [0.5, 0.6) is 0 Å². The van der Waals surface area contributed by atoms with Gasteiger partial charge in [0.25, 0.3) is 0 Å². The molecule has 0 aliphatic heterocycles. The van der Waals surface area contributed by atoms with Crippen molar-refractivity contribution in [1.82, 2.24) is 15.0 Å². The molecule has 3 aromatic heterocycles. The molecule has 0 radical (unpaired) electrons. The molecule has 7 aromatic carbocycles. The lowest BCUT2D eigenvalue weighted by molar-refractivity contribution is 0.669. The van der Waals surface area contributed by atoms with E-state index < -0.39 is 0 Å². The predicted octanol–water partition coefficient (Wildman–Crippen LogP) is 11.0. The molecule has 0 saturated carbocycles. The Morgan fingerprint density at radius 3 is 1.76 bits per heavy atom. The van der Waals surface area contributed by atoms with Crippen LogP contribution in [0, 0.1) is 0 Å². The number of benzene rings is 7. The van der Waals surface area contributed by atoms with E-state index in [1.54, 1.807) is 0 Å². The molecule has 214 valence electrons. The largest absolute Gasteiger partial charge is 0.456 e. The van der Waals surface area contributed by atoms with Crippen LogP contribution in [-0.2, 0) is 0 Å². The minimum atomic E-state index is 0.599. The Labute approximate surface area is 262 Å². The lowest BCUT2D eigenvalue weighted by atomic mass is 10.0. The molecule has 0 atom stereocenters. The number of rotatable bonds is 3. The standard InChI is InChI=1S/C41H23N3O2/c1-2-9-25-20-27(18-16-24(25)8-1)39-42-40(44-41(43-39)32-12-7-15-36-38(32)31-11-4-6-14-35(31)45-36)28-19-17-26-23-37-33(22-29(26)21-28)30-10-3-5-13-34(30)46-37/h1-23H. The average Bonchev–Trinajstić information content (AvgIpc) is 3.68. The van der Waals surface area contributed by atoms with Gasteiger partial charge in [0.15, 0.2) is 17.5 Å². The van der Waals surface area contributed by atoms with Gasteiger partial charge in [-0.1, -0.05) is 97.1 Å². The fraction of sp³-hybridized carbons (Fsp3) is 0. The lowest BCUT2D eigenvalue weighted by Crippen LogP contribution is -2.00. The Bertz CT molecular complexity index is 2830. The molecular weight excluding hydrogens is 566 g/mol. The Kier molecular flexibility index (Phi) is 5.22. The molecule has 3 heterocycles. The van der Waals surface area contributed by atoms with Crippen molar-refractivity contribution in [2.24, 2.45) is 0 Å². The quantitative estimate of drug-likeness (QED) is 0.205. The van der Waals surface area contributed by atoms with E-state index in [4.69, 9.17) is 23.8 Å². The lowest BCUT2D eigenvalue weighted by Gasteiger charge is -2.10. The Hall–Kier alpha value is -6.33. The molecule has 10 rings (SSSR count). The molecule has 46 heavy (non-hydrogen) atoms. The maximum absolute atomic E-state index is 6.22. The summed E-state index contributed by atoms with van der Waals surface area (Å²) in [5.74, 6) is 1.82. The van der Waals surface area contributed by atoms with E-state index in [1.165, 1.54) is 5.39 Å². The van der Waals surface area contributed by atoms with Crippen molar-refractivity contribution in [2.75, 3.05) is 0 Å². The monoisotopic (exact) mass is 589 g/mol. The first-order chi connectivity index (χ1) is 22.7. The van der Waals surface area contributed by atoms with Crippen LogP contribution in [0.25, 0.3) is 99.6 Å². The second-order valence-corrected chi connectivity index (χ2v) is 11.7. The number of fused-ring (bicyclic) bond motifs is 8. The highest BCUT2D eigenvalue weighted by atomic mass is 16.3. The summed E-state index contributed by atoms with van der Waals surface area (Å²) >= 11 is 0. The molecule has 5 nitrogen and oxygen atoms in total. The van der Waals surface area contributed by atoms with Gasteiger partial charge in [-0.05, 0) is 64.0 Å². The predicted molar refractivity (Wildman–Crippen MR) is 186 cm³/mol. The van der Waals surface area contributed by atoms with Gasteiger partial charge in [0.1, 0.15) is 22.3 Å². The van der Waals surface area contributed by atoms with E-state index in [9.17, 15) is 0 Å². The van der Waals surface area contributed by atoms with E-state index in [1.807, 2.05) is 48.5 Å². The molecule has 0 saturated heterocycles. The van der Waals surface area contributed by atoms with Gasteiger partial charge in [0.05, 0.1) is 0 Å². The smallest absolute Gasteiger partial charge is 0.164 e. The minimum absolute atomic E-state index is 0.599. The van der Waals surface area contributed by atoms with Gasteiger partial charge in [-0.2, -0.15) is 0 Å². The summed E-state index contributed by atoms with van der Waals surface area (Å²) in [5, 5.41) is 8.70. The highest BCUT2D eigenvalue weighted by Gasteiger charge is 2.18. The van der Waals surface area contributed by atoms with Gasteiger partial charge < -0.3 is 8.83 Å². The Balaban J connectivity index is 1.22. The third kappa shape index (κ3) is 3.85. The van der Waals surface area contributed by atoms with Crippen LogP contribution in [-0.4, -0.2) is 15.0 Å². The fourth-order valence-corrected chi connectivity index (χ4v) is 6.65. The summed E-state index contributed by atoms with van der Waals surface area (Å²) in [5.41, 5.74) is 6.14. The van der Waals surface area contributed by atoms with Crippen LogP contribution in [0.4, 0.5) is 0 Å². The fourth-order valence-electron chi connectivity index (χ4n) is 6.65. The van der Waals surface area contributed by atoms with Crippen LogP contribution < -0.4 is 0 Å². The van der Waals surface area contributed by atoms with E-state index in [0.717, 1.165) is 76.7 Å². The van der Waals surface area contributed by atoms with Crippen LogP contribution in [0.1, 0.15) is 0 Å². The molecule has 0 spiro atoms. The van der Waals surface area contributed by atoms with Gasteiger partial charge in [-0.15, -0.1) is 0 Å². The van der Waals surface area contributed by atoms with E-state index in [-0.39, 0.29) is 0 Å². The molecule has 0 N–H and O–H groups in total. The van der Waals surface area contributed by atoms with Gasteiger partial charge in [-0.25, -0.2) is 15.0 Å². The van der Waals surface area contributed by atoms with Crippen molar-refractivity contribution >= 4 is 65.4 Å². The third-order valence-corrected chi connectivity index (χ3v) is 8.88. The maximum Gasteiger partial charge on any atom is 0.164 e. The highest BCUT2D eigenvalue weighted by molar-refractivity contribution is 6.12. The Morgan fingerprint density at radius 1 is 0.348 bits per heavy atom. The molecule has 0 unspecified atom stereocenters. The molecular formula is C41H23N3O2. The van der Waals surface area contributed by atoms with Gasteiger partial charge >= 0.3 is 0 Å². The Morgan fingerprint density at radius 2 is 0.935 bits per heavy atom. The van der Waals surface area contributed by atoms with Crippen molar-refractivity contribution in [1.29, 1.82) is 0 Å². The summed E-state index contributed by atoms with van der Waals surface area (Å²) < 4.78 is 12.4. The van der Waals surface area contributed by atoms with E-state index >= 15 is 0 Å². The molecule has 0 amide bonds. The minimum Gasteiger partial charge on any atom is -0.456 e. The number of para-hydroxylation sites is 2. The van der Waals surface area contributed by atoms with Gasteiger partial charge in [0, 0.05) is 38.2 Å². The topological polar surface area (TPSA) is 65.0 Å². The van der Waals surface area contributed by atoms with Crippen LogP contribution in [0.2, 0.25) is 0 Å². The average molecular weight is 590 g/mol. The molecule has 0 fully saturated rings. The number of nitrogens with zero attached hydrogens (tertiary/aromatic N) is 3. The van der Waals surface area contributed by atoms with Gasteiger partial charge in [-0.3, -0.25) is 0 Å². The molecule has 5 heteroatoms. The van der Waals surface area contributed by atoms with Crippen LogP contribution in [0.3, 0.4) is 0 Å². The van der Waals surface area contributed by atoms with Crippen LogP contribution >= 0.6 is 0 Å². The van der Waals surface area contributed by atoms with Crippen LogP contribution in [0.15, 0.2) is 148 Å². The number of hydrogen-bond acceptors (Lipinski definition) is 5. The first-order valence-electron chi connectivity index (χ1n) is 15.3. The first kappa shape index (κ1) is 25.0. The number of furan rings is 2. The summed E-state index contributed by atoms with van der Waals surface area (Å²) in [7, 11) is 0. The number of aromatic nitrogens is 3. The summed E-state index contributed by atoms with van der Waals surface area (Å²) in [6, 6.07) is 47.7. The number of hydrogen-bond donors (Lipinski definition) is 0. The van der Waals surface area contributed by atoms with Crippen molar-refractivity contribution in [3.63, 3.8) is 0 Å². The maximum atomic E-state index is 6.22. The first-order valence-corrected chi connectivity index (χ1v) is 15.3. The van der Waals surface area contributed by atoms with E-state index in [2.05, 4.69) is 91.0 Å². The molecule has 0 bridgehead atoms. The van der Waals surface area contributed by atoms with E-state index in [0.29, 0.717) is 17.5 Å². The SMILES string of the molecule is c1ccc2cc(-c3nc(-c4ccc5cc6oc7ccccc7c6cc5c4)nc(-c4cccc5oc6ccccc6c45)n3)ccc2c1. The molecule has 10 aromatic rings. The third-order valence-electron chi connectivity index (χ3n) is 8.88.